The first kappa shape index (κ1) is 8.68. The van der Waals surface area contributed by atoms with E-state index in [0.29, 0.717) is 0 Å². The van der Waals surface area contributed by atoms with E-state index in [0.717, 1.165) is 17.7 Å². The van der Waals surface area contributed by atoms with Gasteiger partial charge in [0.1, 0.15) is 0 Å². The van der Waals surface area contributed by atoms with Crippen LogP contribution >= 0.6 is 0 Å². The maximum Gasteiger partial charge on any atom is 0.344 e. The van der Waals surface area contributed by atoms with Gasteiger partial charge >= 0.3 is 5.69 Å². The summed E-state index contributed by atoms with van der Waals surface area (Å²) in [5, 5.41) is 4.13. The van der Waals surface area contributed by atoms with Crippen molar-refractivity contribution in [1.29, 1.82) is 0 Å². The molecule has 0 aliphatic heterocycles. The van der Waals surface area contributed by atoms with Gasteiger partial charge in [-0.25, -0.2) is 9.78 Å². The minimum absolute atomic E-state index is 0.336. The molecule has 14 heavy (non-hydrogen) atoms. The molecule has 1 N–H and O–H groups in total. The van der Waals surface area contributed by atoms with Gasteiger partial charge in [-0.3, -0.25) is 4.68 Å². The summed E-state index contributed by atoms with van der Waals surface area (Å²) in [4.78, 5) is 16.9. The van der Waals surface area contributed by atoms with E-state index in [-0.39, 0.29) is 5.69 Å². The highest BCUT2D eigenvalue weighted by Crippen LogP contribution is 2.14. The van der Waals surface area contributed by atoms with Gasteiger partial charge in [-0.05, 0) is 6.92 Å². The third kappa shape index (κ3) is 1.56. The van der Waals surface area contributed by atoms with Crippen molar-refractivity contribution in [3.8, 4) is 11.1 Å². The Morgan fingerprint density at radius 3 is 2.86 bits per heavy atom. The smallest absolute Gasteiger partial charge is 0.312 e. The molecular formula is C9H10N4O. The molecule has 0 unspecified atom stereocenters. The van der Waals surface area contributed by atoms with Crippen LogP contribution < -0.4 is 5.69 Å². The summed E-state index contributed by atoms with van der Waals surface area (Å²) < 4.78 is 1.82. The van der Waals surface area contributed by atoms with Crippen molar-refractivity contribution in [3.05, 3.63) is 35.3 Å². The third-order valence-electron chi connectivity index (χ3n) is 1.96. The maximum atomic E-state index is 10.7. The van der Waals surface area contributed by atoms with Crippen LogP contribution in [0.5, 0.6) is 0 Å². The molecule has 0 aromatic carbocycles. The summed E-state index contributed by atoms with van der Waals surface area (Å²) in [5.74, 6) is 0. The zero-order valence-corrected chi connectivity index (χ0v) is 7.77. The van der Waals surface area contributed by atoms with Gasteiger partial charge in [0.25, 0.3) is 0 Å². The summed E-state index contributed by atoms with van der Waals surface area (Å²) in [7, 11) is 0. The average Bonchev–Trinajstić information content (AvgIpc) is 2.67. The average molecular weight is 190 g/mol. The fraction of sp³-hybridized carbons (Fsp3) is 0.222. The number of nitrogens with one attached hydrogen (secondary N) is 1. The molecule has 72 valence electrons. The van der Waals surface area contributed by atoms with E-state index >= 15 is 0 Å². The highest BCUT2D eigenvalue weighted by atomic mass is 16.1. The molecule has 0 aliphatic rings. The fourth-order valence-corrected chi connectivity index (χ4v) is 1.19. The third-order valence-corrected chi connectivity index (χ3v) is 1.96. The number of H-pyrrole nitrogens is 1. The van der Waals surface area contributed by atoms with E-state index in [1.165, 1.54) is 6.20 Å². The maximum absolute atomic E-state index is 10.7. The number of aromatic nitrogens is 4. The minimum atomic E-state index is -0.336. The number of aromatic amines is 1. The van der Waals surface area contributed by atoms with Crippen molar-refractivity contribution in [1.82, 2.24) is 19.7 Å². The van der Waals surface area contributed by atoms with Gasteiger partial charge in [-0.2, -0.15) is 5.10 Å². The SMILES string of the molecule is CCn1cc(-c2cnc(=O)[nH]c2)cn1. The van der Waals surface area contributed by atoms with Crippen molar-refractivity contribution in [2.75, 3.05) is 0 Å². The van der Waals surface area contributed by atoms with Crippen LogP contribution in [0.1, 0.15) is 6.92 Å². The summed E-state index contributed by atoms with van der Waals surface area (Å²) in [6.45, 7) is 2.85. The van der Waals surface area contributed by atoms with Crippen LogP contribution in [0.2, 0.25) is 0 Å². The Labute approximate surface area is 80.4 Å². The summed E-state index contributed by atoms with van der Waals surface area (Å²) in [5.41, 5.74) is 1.48. The van der Waals surface area contributed by atoms with Crippen LogP contribution in [0.25, 0.3) is 11.1 Å². The Hall–Kier alpha value is -1.91. The van der Waals surface area contributed by atoms with Crippen molar-refractivity contribution in [2.45, 2.75) is 13.5 Å². The first-order valence-corrected chi connectivity index (χ1v) is 4.37. The molecule has 2 rings (SSSR count). The van der Waals surface area contributed by atoms with Gasteiger partial charge < -0.3 is 4.98 Å². The summed E-state index contributed by atoms with van der Waals surface area (Å²) in [6, 6.07) is 0. The molecule has 0 saturated heterocycles. The van der Waals surface area contributed by atoms with Gasteiger partial charge in [-0.15, -0.1) is 0 Å². The fourth-order valence-electron chi connectivity index (χ4n) is 1.19. The Balaban J connectivity index is 2.39. The molecular weight excluding hydrogens is 180 g/mol. The lowest BCUT2D eigenvalue weighted by molar-refractivity contribution is 0.660. The molecule has 0 fully saturated rings. The molecule has 5 nitrogen and oxygen atoms in total. The molecule has 0 bridgehead atoms. The molecule has 5 heteroatoms. The van der Waals surface area contributed by atoms with Crippen LogP contribution in [0.15, 0.2) is 29.6 Å². The second kappa shape index (κ2) is 3.45. The van der Waals surface area contributed by atoms with Crippen LogP contribution in [-0.2, 0) is 6.54 Å². The predicted octanol–water partition coefficient (Wildman–Crippen LogP) is 0.653. The van der Waals surface area contributed by atoms with Gasteiger partial charge in [0.05, 0.1) is 6.20 Å². The van der Waals surface area contributed by atoms with E-state index in [4.69, 9.17) is 0 Å². The number of rotatable bonds is 2. The highest BCUT2D eigenvalue weighted by Gasteiger charge is 2.00. The van der Waals surface area contributed by atoms with Gasteiger partial charge in [-0.1, -0.05) is 0 Å². The zero-order valence-electron chi connectivity index (χ0n) is 7.77. The highest BCUT2D eigenvalue weighted by molar-refractivity contribution is 5.58. The van der Waals surface area contributed by atoms with E-state index < -0.39 is 0 Å². The predicted molar refractivity (Wildman–Crippen MR) is 51.8 cm³/mol. The van der Waals surface area contributed by atoms with Crippen molar-refractivity contribution in [3.63, 3.8) is 0 Å². The lowest BCUT2D eigenvalue weighted by Crippen LogP contribution is -2.07. The van der Waals surface area contributed by atoms with Crippen molar-refractivity contribution < 1.29 is 0 Å². The molecule has 2 heterocycles. The monoisotopic (exact) mass is 190 g/mol. The minimum Gasteiger partial charge on any atom is -0.312 e. The molecule has 0 spiro atoms. The van der Waals surface area contributed by atoms with E-state index in [2.05, 4.69) is 15.1 Å². The van der Waals surface area contributed by atoms with Gasteiger partial charge in [0.15, 0.2) is 0 Å². The molecule has 0 atom stereocenters. The van der Waals surface area contributed by atoms with E-state index in [1.54, 1.807) is 12.4 Å². The van der Waals surface area contributed by atoms with Crippen LogP contribution in [0, 0.1) is 0 Å². The van der Waals surface area contributed by atoms with Crippen LogP contribution in [0.4, 0.5) is 0 Å². The summed E-state index contributed by atoms with van der Waals surface area (Å²) >= 11 is 0. The lowest BCUT2D eigenvalue weighted by Gasteiger charge is -1.93. The quantitative estimate of drug-likeness (QED) is 0.756. The Morgan fingerprint density at radius 2 is 2.29 bits per heavy atom. The van der Waals surface area contributed by atoms with Gasteiger partial charge in [0, 0.05) is 36.3 Å². The Morgan fingerprint density at radius 1 is 1.43 bits per heavy atom. The number of hydrogen-bond donors (Lipinski definition) is 1. The number of hydrogen-bond acceptors (Lipinski definition) is 3. The Bertz CT molecular complexity index is 465. The molecule has 0 saturated carbocycles. The van der Waals surface area contributed by atoms with E-state index in [9.17, 15) is 4.79 Å². The number of aryl methyl sites for hydroxylation is 1. The van der Waals surface area contributed by atoms with Crippen LogP contribution in [0.3, 0.4) is 0 Å². The first-order valence-electron chi connectivity index (χ1n) is 4.37. The standard InChI is InChI=1S/C9H10N4O/c1-2-13-6-8(5-12-13)7-3-10-9(14)11-4-7/h3-6H,2H2,1H3,(H,10,11,14). The lowest BCUT2D eigenvalue weighted by atomic mass is 10.2. The van der Waals surface area contributed by atoms with Crippen LogP contribution in [-0.4, -0.2) is 19.7 Å². The molecule has 2 aromatic rings. The van der Waals surface area contributed by atoms with Gasteiger partial charge in [0.2, 0.25) is 0 Å². The van der Waals surface area contributed by atoms with E-state index in [1.807, 2.05) is 17.8 Å². The van der Waals surface area contributed by atoms with Crippen molar-refractivity contribution >= 4 is 0 Å². The number of nitrogens with zero attached hydrogens (tertiary/aromatic N) is 3. The zero-order chi connectivity index (χ0) is 9.97. The molecule has 0 amide bonds. The first-order chi connectivity index (χ1) is 6.79. The molecule has 0 radical (unpaired) electrons. The van der Waals surface area contributed by atoms with Crippen molar-refractivity contribution in [2.24, 2.45) is 0 Å². The Kier molecular flexibility index (Phi) is 2.14. The molecule has 2 aromatic heterocycles. The second-order valence-corrected chi connectivity index (χ2v) is 2.89. The molecule has 0 aliphatic carbocycles. The second-order valence-electron chi connectivity index (χ2n) is 2.89. The summed E-state index contributed by atoms with van der Waals surface area (Å²) in [6.07, 6.45) is 6.83. The topological polar surface area (TPSA) is 63.6 Å². The normalized spacial score (nSPS) is 10.4. The largest absolute Gasteiger partial charge is 0.344 e.